The second-order valence-corrected chi connectivity index (χ2v) is 4.57. The summed E-state index contributed by atoms with van der Waals surface area (Å²) in [5.74, 6) is 0.648. The number of hydrogen-bond acceptors (Lipinski definition) is 1. The summed E-state index contributed by atoms with van der Waals surface area (Å²) in [5, 5.41) is 6.38. The minimum atomic E-state index is 0.648. The number of hydrogen-bond donors (Lipinski definition) is 0. The Kier molecular flexibility index (Phi) is 4.46. The average molecular weight is 310 g/mol. The molecule has 0 spiro atoms. The highest BCUT2D eigenvalue weighted by Crippen LogP contribution is 2.14. The quantitative estimate of drug-likeness (QED) is 0.782. The molecule has 4 heteroatoms. The third-order valence-corrected chi connectivity index (χ3v) is 3.86. The van der Waals surface area contributed by atoms with E-state index >= 15 is 0 Å². The van der Waals surface area contributed by atoms with Crippen LogP contribution in [0.15, 0.2) is 6.07 Å². The number of aryl methyl sites for hydroxylation is 2. The lowest BCUT2D eigenvalue weighted by Crippen LogP contribution is -2.10. The van der Waals surface area contributed by atoms with Gasteiger partial charge in [-0.05, 0) is 25.3 Å². The Morgan fingerprint density at radius 1 is 1.46 bits per heavy atom. The van der Waals surface area contributed by atoms with Gasteiger partial charge in [-0.2, -0.15) is 5.10 Å². The van der Waals surface area contributed by atoms with Gasteiger partial charge in [0.2, 0.25) is 0 Å². The summed E-state index contributed by atoms with van der Waals surface area (Å²) in [6, 6.07) is 2.15. The second kappa shape index (κ2) is 5.15. The molecule has 0 aliphatic heterocycles. The zero-order chi connectivity index (χ0) is 9.84. The van der Waals surface area contributed by atoms with Crippen LogP contribution >= 0.6 is 31.9 Å². The van der Waals surface area contributed by atoms with E-state index in [0.29, 0.717) is 5.92 Å². The van der Waals surface area contributed by atoms with Gasteiger partial charge in [0.05, 0.1) is 5.69 Å². The van der Waals surface area contributed by atoms with Gasteiger partial charge in [-0.25, -0.2) is 0 Å². The van der Waals surface area contributed by atoms with E-state index in [9.17, 15) is 0 Å². The molecule has 13 heavy (non-hydrogen) atoms. The summed E-state index contributed by atoms with van der Waals surface area (Å²) in [6.07, 6.45) is 1.08. The van der Waals surface area contributed by atoms with Crippen LogP contribution in [0.25, 0.3) is 0 Å². The molecule has 1 aromatic rings. The highest BCUT2D eigenvalue weighted by molar-refractivity contribution is 9.09. The summed E-state index contributed by atoms with van der Waals surface area (Å²) in [7, 11) is 2.00. The van der Waals surface area contributed by atoms with Crippen LogP contribution < -0.4 is 0 Å². The molecule has 1 heterocycles. The van der Waals surface area contributed by atoms with Crippen LogP contribution in [0.2, 0.25) is 0 Å². The monoisotopic (exact) mass is 308 g/mol. The molecule has 0 saturated carbocycles. The van der Waals surface area contributed by atoms with E-state index in [1.54, 1.807) is 0 Å². The summed E-state index contributed by atoms with van der Waals surface area (Å²) >= 11 is 7.01. The summed E-state index contributed by atoms with van der Waals surface area (Å²) in [5.41, 5.74) is 2.40. The van der Waals surface area contributed by atoms with Crippen molar-refractivity contribution in [1.29, 1.82) is 0 Å². The molecule has 0 bridgehead atoms. The van der Waals surface area contributed by atoms with Crippen molar-refractivity contribution < 1.29 is 0 Å². The Morgan fingerprint density at radius 3 is 2.46 bits per heavy atom. The zero-order valence-corrected chi connectivity index (χ0v) is 11.1. The van der Waals surface area contributed by atoms with Crippen LogP contribution in [0.1, 0.15) is 11.4 Å². The summed E-state index contributed by atoms with van der Waals surface area (Å²) in [4.78, 5) is 0. The van der Waals surface area contributed by atoms with Gasteiger partial charge in [0.15, 0.2) is 0 Å². The van der Waals surface area contributed by atoms with Crippen molar-refractivity contribution in [2.45, 2.75) is 13.3 Å². The lowest BCUT2D eigenvalue weighted by Gasteiger charge is -2.09. The van der Waals surface area contributed by atoms with Crippen LogP contribution in [-0.2, 0) is 13.5 Å². The van der Waals surface area contributed by atoms with Crippen LogP contribution in [0.3, 0.4) is 0 Å². The normalized spacial score (nSPS) is 11.2. The van der Waals surface area contributed by atoms with Gasteiger partial charge >= 0.3 is 0 Å². The molecule has 0 aliphatic rings. The van der Waals surface area contributed by atoms with E-state index < -0.39 is 0 Å². The molecule has 0 aliphatic carbocycles. The molecule has 0 aromatic carbocycles. The predicted molar refractivity (Wildman–Crippen MR) is 62.7 cm³/mol. The standard InChI is InChI=1S/C9H14Br2N2/c1-7-3-9(13(2)12-7)4-8(5-10)6-11/h3,8H,4-6H2,1-2H3. The Morgan fingerprint density at radius 2 is 2.08 bits per heavy atom. The van der Waals surface area contributed by atoms with Crippen molar-refractivity contribution in [2.75, 3.05) is 10.7 Å². The summed E-state index contributed by atoms with van der Waals surface area (Å²) in [6.45, 7) is 2.03. The van der Waals surface area contributed by atoms with Crippen molar-refractivity contribution in [3.8, 4) is 0 Å². The summed E-state index contributed by atoms with van der Waals surface area (Å²) < 4.78 is 1.97. The van der Waals surface area contributed by atoms with Gasteiger partial charge in [0.25, 0.3) is 0 Å². The lowest BCUT2D eigenvalue weighted by molar-refractivity contribution is 0.614. The smallest absolute Gasteiger partial charge is 0.0596 e. The largest absolute Gasteiger partial charge is 0.272 e. The Labute approximate surface area is 96.0 Å². The number of halogens is 2. The van der Waals surface area contributed by atoms with Gasteiger partial charge in [-0.15, -0.1) is 0 Å². The lowest BCUT2D eigenvalue weighted by atomic mass is 10.1. The molecule has 0 N–H and O–H groups in total. The molecule has 1 aromatic heterocycles. The third-order valence-electron chi connectivity index (χ3n) is 2.03. The number of rotatable bonds is 4. The number of alkyl halides is 2. The van der Waals surface area contributed by atoms with E-state index in [0.717, 1.165) is 22.8 Å². The molecule has 2 nitrogen and oxygen atoms in total. The molecule has 1 rings (SSSR count). The highest BCUT2D eigenvalue weighted by atomic mass is 79.9. The maximum atomic E-state index is 4.32. The van der Waals surface area contributed by atoms with E-state index in [1.807, 2.05) is 18.7 Å². The van der Waals surface area contributed by atoms with Crippen LogP contribution in [0, 0.1) is 12.8 Å². The Balaban J connectivity index is 2.67. The second-order valence-electron chi connectivity index (χ2n) is 3.28. The van der Waals surface area contributed by atoms with Gasteiger partial charge in [-0.1, -0.05) is 31.9 Å². The van der Waals surface area contributed by atoms with Crippen LogP contribution in [0.4, 0.5) is 0 Å². The Bertz CT molecular complexity index is 267. The molecular weight excluding hydrogens is 296 g/mol. The topological polar surface area (TPSA) is 17.8 Å². The SMILES string of the molecule is Cc1cc(CC(CBr)CBr)n(C)n1. The molecule has 0 fully saturated rings. The first-order valence-corrected chi connectivity index (χ1v) is 6.53. The molecule has 0 saturated heterocycles. The molecular formula is C9H14Br2N2. The first-order valence-electron chi connectivity index (χ1n) is 4.28. The molecule has 0 unspecified atom stereocenters. The third kappa shape index (κ3) is 3.09. The van der Waals surface area contributed by atoms with Crippen molar-refractivity contribution in [1.82, 2.24) is 9.78 Å². The minimum Gasteiger partial charge on any atom is -0.272 e. The van der Waals surface area contributed by atoms with Gasteiger partial charge in [0.1, 0.15) is 0 Å². The van der Waals surface area contributed by atoms with Gasteiger partial charge in [-0.3, -0.25) is 4.68 Å². The van der Waals surface area contributed by atoms with E-state index in [4.69, 9.17) is 0 Å². The zero-order valence-electron chi connectivity index (χ0n) is 7.93. The van der Waals surface area contributed by atoms with E-state index in [-0.39, 0.29) is 0 Å². The molecule has 0 radical (unpaired) electrons. The fourth-order valence-electron chi connectivity index (χ4n) is 1.30. The molecule has 0 atom stereocenters. The fraction of sp³-hybridized carbons (Fsp3) is 0.667. The highest BCUT2D eigenvalue weighted by Gasteiger charge is 2.09. The van der Waals surface area contributed by atoms with Crippen LogP contribution in [-0.4, -0.2) is 20.4 Å². The maximum Gasteiger partial charge on any atom is 0.0596 e. The molecule has 74 valence electrons. The van der Waals surface area contributed by atoms with Crippen LogP contribution in [0.5, 0.6) is 0 Å². The maximum absolute atomic E-state index is 4.32. The minimum absolute atomic E-state index is 0.648. The molecule has 0 amide bonds. The van der Waals surface area contributed by atoms with Crippen molar-refractivity contribution in [2.24, 2.45) is 13.0 Å². The van der Waals surface area contributed by atoms with Crippen molar-refractivity contribution in [3.05, 3.63) is 17.5 Å². The van der Waals surface area contributed by atoms with Gasteiger partial charge < -0.3 is 0 Å². The number of aromatic nitrogens is 2. The van der Waals surface area contributed by atoms with Crippen molar-refractivity contribution in [3.63, 3.8) is 0 Å². The first-order chi connectivity index (χ1) is 6.17. The average Bonchev–Trinajstić information content (AvgIpc) is 2.41. The fourth-order valence-corrected chi connectivity index (χ4v) is 2.83. The predicted octanol–water partition coefficient (Wildman–Crippen LogP) is 2.68. The van der Waals surface area contributed by atoms with Gasteiger partial charge in [0, 0.05) is 23.4 Å². The van der Waals surface area contributed by atoms with Crippen molar-refractivity contribution >= 4 is 31.9 Å². The van der Waals surface area contributed by atoms with E-state index in [2.05, 4.69) is 43.0 Å². The first kappa shape index (κ1) is 11.2. The van der Waals surface area contributed by atoms with E-state index in [1.165, 1.54) is 5.69 Å². The Hall–Kier alpha value is 0.170. The number of nitrogens with zero attached hydrogens (tertiary/aromatic N) is 2.